The van der Waals surface area contributed by atoms with E-state index in [0.29, 0.717) is 24.7 Å². The molecule has 6 heteroatoms. The van der Waals surface area contributed by atoms with Gasteiger partial charge in [0.05, 0.1) is 0 Å². The summed E-state index contributed by atoms with van der Waals surface area (Å²) in [6.07, 6.45) is 1.03. The summed E-state index contributed by atoms with van der Waals surface area (Å²) in [5.41, 5.74) is 0.735. The number of methoxy groups -OCH3 is 1. The molecular formula is C15H21ClN2O3. The maximum absolute atomic E-state index is 11.7. The van der Waals surface area contributed by atoms with Crippen LogP contribution in [0.25, 0.3) is 0 Å². The molecule has 116 valence electrons. The molecule has 0 unspecified atom stereocenters. The van der Waals surface area contributed by atoms with Crippen LogP contribution in [-0.2, 0) is 14.3 Å². The van der Waals surface area contributed by atoms with Crippen LogP contribution >= 0.6 is 11.6 Å². The Hall–Kier alpha value is -1.59. The van der Waals surface area contributed by atoms with Crippen LogP contribution in [0.15, 0.2) is 24.3 Å². The van der Waals surface area contributed by atoms with Crippen molar-refractivity contribution in [2.45, 2.75) is 19.8 Å². The van der Waals surface area contributed by atoms with Crippen LogP contribution in [0.1, 0.15) is 19.8 Å². The van der Waals surface area contributed by atoms with Crippen molar-refractivity contribution in [3.8, 4) is 0 Å². The zero-order valence-corrected chi connectivity index (χ0v) is 13.2. The molecule has 0 spiro atoms. The Morgan fingerprint density at radius 2 is 1.95 bits per heavy atom. The van der Waals surface area contributed by atoms with Crippen molar-refractivity contribution in [2.75, 3.05) is 31.7 Å². The average molecular weight is 313 g/mol. The summed E-state index contributed by atoms with van der Waals surface area (Å²) in [7, 11) is 1.62. The molecule has 1 N–H and O–H groups in total. The number of rotatable bonds is 8. The first-order valence-electron chi connectivity index (χ1n) is 6.84. The van der Waals surface area contributed by atoms with E-state index >= 15 is 0 Å². The molecule has 5 nitrogen and oxygen atoms in total. The third-order valence-corrected chi connectivity index (χ3v) is 3.18. The van der Waals surface area contributed by atoms with Crippen LogP contribution in [0, 0.1) is 0 Å². The fourth-order valence-corrected chi connectivity index (χ4v) is 1.96. The van der Waals surface area contributed by atoms with E-state index in [4.69, 9.17) is 16.3 Å². The minimum absolute atomic E-state index is 0.0775. The third kappa shape index (κ3) is 6.60. The standard InChI is InChI=1S/C15H21ClN2O3/c1-12(19)18(14-6-4-13(16)5-7-14)10-8-15(20)17-9-3-11-21-2/h4-7H,3,8-11H2,1-2H3,(H,17,20). The molecule has 1 aromatic carbocycles. The maximum atomic E-state index is 11.7. The number of nitrogens with one attached hydrogen (secondary N) is 1. The van der Waals surface area contributed by atoms with Crippen molar-refractivity contribution >= 4 is 29.1 Å². The molecule has 0 aliphatic heterocycles. The van der Waals surface area contributed by atoms with Gasteiger partial charge in [-0.3, -0.25) is 9.59 Å². The second-order valence-corrected chi connectivity index (χ2v) is 5.03. The van der Waals surface area contributed by atoms with Gasteiger partial charge in [0.2, 0.25) is 11.8 Å². The van der Waals surface area contributed by atoms with Crippen LogP contribution in [0.2, 0.25) is 5.02 Å². The Morgan fingerprint density at radius 3 is 2.52 bits per heavy atom. The molecule has 21 heavy (non-hydrogen) atoms. The van der Waals surface area contributed by atoms with Gasteiger partial charge in [-0.2, -0.15) is 0 Å². The van der Waals surface area contributed by atoms with E-state index in [9.17, 15) is 9.59 Å². The number of nitrogens with zero attached hydrogens (tertiary/aromatic N) is 1. The van der Waals surface area contributed by atoms with Crippen LogP contribution < -0.4 is 10.2 Å². The second kappa shape index (κ2) is 9.37. The molecule has 2 amide bonds. The third-order valence-electron chi connectivity index (χ3n) is 2.93. The molecule has 0 heterocycles. The summed E-state index contributed by atoms with van der Waals surface area (Å²) in [6.45, 7) is 3.01. The van der Waals surface area contributed by atoms with Crippen LogP contribution in [-0.4, -0.2) is 38.6 Å². The Bertz CT molecular complexity index is 462. The van der Waals surface area contributed by atoms with E-state index in [0.717, 1.165) is 12.1 Å². The Kier molecular flexibility index (Phi) is 7.79. The van der Waals surface area contributed by atoms with Gasteiger partial charge >= 0.3 is 0 Å². The van der Waals surface area contributed by atoms with Gasteiger partial charge < -0.3 is 15.0 Å². The van der Waals surface area contributed by atoms with Gasteiger partial charge in [-0.15, -0.1) is 0 Å². The monoisotopic (exact) mass is 312 g/mol. The minimum Gasteiger partial charge on any atom is -0.385 e. The lowest BCUT2D eigenvalue weighted by molar-refractivity contribution is -0.121. The molecule has 0 saturated carbocycles. The molecule has 1 aromatic rings. The van der Waals surface area contributed by atoms with E-state index in [1.165, 1.54) is 6.92 Å². The normalized spacial score (nSPS) is 10.2. The molecule has 0 radical (unpaired) electrons. The highest BCUT2D eigenvalue weighted by Gasteiger charge is 2.13. The van der Waals surface area contributed by atoms with Crippen molar-refractivity contribution < 1.29 is 14.3 Å². The van der Waals surface area contributed by atoms with E-state index in [2.05, 4.69) is 5.32 Å². The lowest BCUT2D eigenvalue weighted by Crippen LogP contribution is -2.34. The first-order chi connectivity index (χ1) is 10.0. The number of ether oxygens (including phenoxy) is 1. The van der Waals surface area contributed by atoms with Gasteiger partial charge in [0.1, 0.15) is 0 Å². The fourth-order valence-electron chi connectivity index (χ4n) is 1.84. The van der Waals surface area contributed by atoms with E-state index in [-0.39, 0.29) is 18.2 Å². The summed E-state index contributed by atoms with van der Waals surface area (Å²) < 4.78 is 4.91. The highest BCUT2D eigenvalue weighted by molar-refractivity contribution is 6.30. The van der Waals surface area contributed by atoms with E-state index < -0.39 is 0 Å². The van der Waals surface area contributed by atoms with Gasteiger partial charge in [0.15, 0.2) is 0 Å². The van der Waals surface area contributed by atoms with Crippen molar-refractivity contribution in [1.82, 2.24) is 5.32 Å². The molecule has 0 bridgehead atoms. The Morgan fingerprint density at radius 1 is 1.29 bits per heavy atom. The highest BCUT2D eigenvalue weighted by Crippen LogP contribution is 2.18. The summed E-state index contributed by atoms with van der Waals surface area (Å²) in [5.74, 6) is -0.184. The first-order valence-corrected chi connectivity index (χ1v) is 7.21. The van der Waals surface area contributed by atoms with Gasteiger partial charge in [0, 0.05) is 50.9 Å². The first kappa shape index (κ1) is 17.5. The quantitative estimate of drug-likeness (QED) is 0.749. The van der Waals surface area contributed by atoms with E-state index in [1.807, 2.05) is 0 Å². The Labute approximate surface area is 130 Å². The lowest BCUT2D eigenvalue weighted by atomic mass is 10.2. The average Bonchev–Trinajstić information content (AvgIpc) is 2.45. The van der Waals surface area contributed by atoms with Crippen LogP contribution in [0.4, 0.5) is 5.69 Å². The number of benzene rings is 1. The van der Waals surface area contributed by atoms with Crippen molar-refractivity contribution in [3.63, 3.8) is 0 Å². The number of amides is 2. The highest BCUT2D eigenvalue weighted by atomic mass is 35.5. The number of anilines is 1. The molecule has 0 aliphatic carbocycles. The summed E-state index contributed by atoms with van der Waals surface area (Å²) in [4.78, 5) is 25.0. The predicted molar refractivity (Wildman–Crippen MR) is 83.6 cm³/mol. The zero-order chi connectivity index (χ0) is 15.7. The molecule has 0 fully saturated rings. The Balaban J connectivity index is 2.46. The fraction of sp³-hybridized carbons (Fsp3) is 0.467. The van der Waals surface area contributed by atoms with Gasteiger partial charge in [-0.25, -0.2) is 0 Å². The van der Waals surface area contributed by atoms with Crippen molar-refractivity contribution in [3.05, 3.63) is 29.3 Å². The number of carbonyl (C=O) groups is 2. The van der Waals surface area contributed by atoms with Crippen molar-refractivity contribution in [1.29, 1.82) is 0 Å². The maximum Gasteiger partial charge on any atom is 0.223 e. The topological polar surface area (TPSA) is 58.6 Å². The largest absolute Gasteiger partial charge is 0.385 e. The summed E-state index contributed by atoms with van der Waals surface area (Å²) >= 11 is 5.83. The zero-order valence-electron chi connectivity index (χ0n) is 12.4. The number of carbonyl (C=O) groups excluding carboxylic acids is 2. The second-order valence-electron chi connectivity index (χ2n) is 4.59. The van der Waals surface area contributed by atoms with E-state index in [1.54, 1.807) is 36.3 Å². The molecule has 1 rings (SSSR count). The van der Waals surface area contributed by atoms with Gasteiger partial charge in [-0.05, 0) is 30.7 Å². The molecule has 0 saturated heterocycles. The molecule has 0 aromatic heterocycles. The summed E-state index contributed by atoms with van der Waals surface area (Å²) in [6, 6.07) is 6.97. The number of hydrogen-bond acceptors (Lipinski definition) is 3. The lowest BCUT2D eigenvalue weighted by Gasteiger charge is -2.21. The van der Waals surface area contributed by atoms with Gasteiger partial charge in [-0.1, -0.05) is 11.6 Å². The van der Waals surface area contributed by atoms with Crippen molar-refractivity contribution in [2.24, 2.45) is 0 Å². The van der Waals surface area contributed by atoms with Crippen LogP contribution in [0.5, 0.6) is 0 Å². The number of hydrogen-bond donors (Lipinski definition) is 1. The van der Waals surface area contributed by atoms with Crippen LogP contribution in [0.3, 0.4) is 0 Å². The minimum atomic E-state index is -0.107. The SMILES string of the molecule is COCCCNC(=O)CCN(C(C)=O)c1ccc(Cl)cc1. The number of halogens is 1. The molecule has 0 aliphatic rings. The van der Waals surface area contributed by atoms with Gasteiger partial charge in [0.25, 0.3) is 0 Å². The molecular weight excluding hydrogens is 292 g/mol. The summed E-state index contributed by atoms with van der Waals surface area (Å²) in [5, 5.41) is 3.40. The molecule has 0 atom stereocenters. The predicted octanol–water partition coefficient (Wildman–Crippen LogP) is 2.24. The smallest absolute Gasteiger partial charge is 0.223 e.